The molecule has 3 aromatic rings. The first-order chi connectivity index (χ1) is 12.1. The van der Waals surface area contributed by atoms with Crippen molar-refractivity contribution in [2.75, 3.05) is 11.9 Å². The molecule has 0 unspecified atom stereocenters. The highest BCUT2D eigenvalue weighted by Crippen LogP contribution is 2.36. The lowest BCUT2D eigenvalue weighted by atomic mass is 10.2. The number of nitrogens with one attached hydrogen (secondary N) is 1. The Labute approximate surface area is 158 Å². The molecule has 128 valence electrons. The molecule has 0 aliphatic rings. The predicted molar refractivity (Wildman–Crippen MR) is 102 cm³/mol. The van der Waals surface area contributed by atoms with Gasteiger partial charge in [0.25, 0.3) is 5.91 Å². The number of carbonyl (C=O) groups excluding carboxylic acids is 1. The van der Waals surface area contributed by atoms with E-state index in [2.05, 4.69) is 26.3 Å². The van der Waals surface area contributed by atoms with Gasteiger partial charge in [0.05, 0.1) is 34.2 Å². The van der Waals surface area contributed by atoms with Crippen molar-refractivity contribution in [2.24, 2.45) is 0 Å². The molecule has 0 aliphatic heterocycles. The molecular weight excluding hydrogens is 406 g/mol. The Kier molecular flexibility index (Phi) is 5.40. The van der Waals surface area contributed by atoms with Gasteiger partial charge in [-0.3, -0.25) is 4.79 Å². The van der Waals surface area contributed by atoms with E-state index in [-0.39, 0.29) is 5.91 Å². The van der Waals surface area contributed by atoms with Gasteiger partial charge in [-0.1, -0.05) is 29.8 Å². The van der Waals surface area contributed by atoms with Gasteiger partial charge in [0, 0.05) is 11.2 Å². The predicted octanol–water partition coefficient (Wildman–Crippen LogP) is 4.94. The molecular formula is C18H15BrClN3O2. The van der Waals surface area contributed by atoms with Crippen molar-refractivity contribution in [3.63, 3.8) is 0 Å². The van der Waals surface area contributed by atoms with Crippen molar-refractivity contribution >= 4 is 39.1 Å². The summed E-state index contributed by atoms with van der Waals surface area (Å²) < 4.78 is 7.92. The first-order valence-corrected chi connectivity index (χ1v) is 8.79. The maximum Gasteiger partial charge on any atom is 0.258 e. The van der Waals surface area contributed by atoms with Gasteiger partial charge >= 0.3 is 0 Å². The molecule has 1 heterocycles. The van der Waals surface area contributed by atoms with Gasteiger partial charge in [-0.2, -0.15) is 5.10 Å². The minimum atomic E-state index is -0.294. The summed E-state index contributed by atoms with van der Waals surface area (Å²) in [5.74, 6) is 0.244. The third kappa shape index (κ3) is 4.03. The molecule has 0 fully saturated rings. The second-order valence-electron chi connectivity index (χ2n) is 5.16. The van der Waals surface area contributed by atoms with Crippen LogP contribution in [0.1, 0.15) is 17.3 Å². The summed E-state index contributed by atoms with van der Waals surface area (Å²) in [6, 6.07) is 12.9. The molecule has 1 N–H and O–H groups in total. The first-order valence-electron chi connectivity index (χ1n) is 7.61. The van der Waals surface area contributed by atoms with Crippen LogP contribution < -0.4 is 10.1 Å². The lowest BCUT2D eigenvalue weighted by Gasteiger charge is -2.13. The van der Waals surface area contributed by atoms with E-state index in [9.17, 15) is 4.79 Å². The van der Waals surface area contributed by atoms with Gasteiger partial charge in [-0.15, -0.1) is 0 Å². The molecule has 0 radical (unpaired) electrons. The van der Waals surface area contributed by atoms with Crippen molar-refractivity contribution < 1.29 is 9.53 Å². The van der Waals surface area contributed by atoms with E-state index in [4.69, 9.17) is 16.3 Å². The smallest absolute Gasteiger partial charge is 0.258 e. The number of aromatic nitrogens is 2. The van der Waals surface area contributed by atoms with E-state index in [0.717, 1.165) is 5.69 Å². The Morgan fingerprint density at radius 2 is 2.08 bits per heavy atom. The van der Waals surface area contributed by atoms with Gasteiger partial charge in [-0.05, 0) is 47.1 Å². The first kappa shape index (κ1) is 17.5. The molecule has 25 heavy (non-hydrogen) atoms. The molecule has 5 nitrogen and oxygen atoms in total. The van der Waals surface area contributed by atoms with Gasteiger partial charge < -0.3 is 10.1 Å². The third-order valence-corrected chi connectivity index (χ3v) is 4.22. The fraction of sp³-hybridized carbons (Fsp3) is 0.111. The zero-order valence-corrected chi connectivity index (χ0v) is 15.7. The summed E-state index contributed by atoms with van der Waals surface area (Å²) >= 11 is 9.49. The van der Waals surface area contributed by atoms with Crippen LogP contribution in [-0.2, 0) is 0 Å². The zero-order chi connectivity index (χ0) is 17.8. The fourth-order valence-corrected chi connectivity index (χ4v) is 3.23. The zero-order valence-electron chi connectivity index (χ0n) is 13.4. The minimum absolute atomic E-state index is 0.294. The number of nitrogens with zero attached hydrogens (tertiary/aromatic N) is 2. The van der Waals surface area contributed by atoms with E-state index in [1.54, 1.807) is 23.0 Å². The van der Waals surface area contributed by atoms with Crippen molar-refractivity contribution in [2.45, 2.75) is 6.92 Å². The normalized spacial score (nSPS) is 10.5. The largest absolute Gasteiger partial charge is 0.491 e. The number of hydrogen-bond acceptors (Lipinski definition) is 3. The molecule has 3 rings (SSSR count). The lowest BCUT2D eigenvalue weighted by Crippen LogP contribution is -2.12. The highest BCUT2D eigenvalue weighted by molar-refractivity contribution is 9.10. The van der Waals surface area contributed by atoms with E-state index in [1.165, 1.54) is 6.20 Å². The third-order valence-electron chi connectivity index (χ3n) is 3.41. The Hall–Kier alpha value is -2.31. The van der Waals surface area contributed by atoms with Gasteiger partial charge in [0.1, 0.15) is 0 Å². The SMILES string of the molecule is CCOc1c(Br)cc(Cl)cc1NC(=O)c1cnn(-c2ccccc2)c1. The molecule has 0 saturated carbocycles. The van der Waals surface area contributed by atoms with Crippen molar-refractivity contribution in [3.8, 4) is 11.4 Å². The summed E-state index contributed by atoms with van der Waals surface area (Å²) in [7, 11) is 0. The van der Waals surface area contributed by atoms with Crippen LogP contribution in [0.4, 0.5) is 5.69 Å². The van der Waals surface area contributed by atoms with Crippen LogP contribution in [0.15, 0.2) is 59.3 Å². The summed E-state index contributed by atoms with van der Waals surface area (Å²) in [6.45, 7) is 2.34. The number of rotatable bonds is 5. The number of anilines is 1. The summed E-state index contributed by atoms with van der Waals surface area (Å²) in [5.41, 5.74) is 1.81. The van der Waals surface area contributed by atoms with Crippen LogP contribution in [0.5, 0.6) is 5.75 Å². The highest BCUT2D eigenvalue weighted by Gasteiger charge is 2.15. The number of benzene rings is 2. The van der Waals surface area contributed by atoms with Crippen LogP contribution in [0, 0.1) is 0 Å². The topological polar surface area (TPSA) is 56.1 Å². The molecule has 0 atom stereocenters. The number of amides is 1. The van der Waals surface area contributed by atoms with Gasteiger partial charge in [-0.25, -0.2) is 4.68 Å². The average Bonchev–Trinajstić information content (AvgIpc) is 3.09. The summed E-state index contributed by atoms with van der Waals surface area (Å²) in [5, 5.41) is 7.55. The van der Waals surface area contributed by atoms with E-state index in [0.29, 0.717) is 33.1 Å². The van der Waals surface area contributed by atoms with Crippen molar-refractivity contribution in [1.29, 1.82) is 0 Å². The Morgan fingerprint density at radius 1 is 1.32 bits per heavy atom. The molecule has 0 spiro atoms. The second kappa shape index (κ2) is 7.72. The van der Waals surface area contributed by atoms with Crippen LogP contribution >= 0.6 is 27.5 Å². The van der Waals surface area contributed by atoms with E-state index >= 15 is 0 Å². The van der Waals surface area contributed by atoms with Gasteiger partial charge in [0.15, 0.2) is 5.75 Å². The summed E-state index contributed by atoms with van der Waals surface area (Å²) in [6.07, 6.45) is 3.19. The number of halogens is 2. The number of carbonyl (C=O) groups is 1. The molecule has 0 bridgehead atoms. The number of para-hydroxylation sites is 1. The average molecular weight is 421 g/mol. The van der Waals surface area contributed by atoms with Crippen molar-refractivity contribution in [3.05, 3.63) is 69.9 Å². The van der Waals surface area contributed by atoms with Crippen LogP contribution in [-0.4, -0.2) is 22.3 Å². The van der Waals surface area contributed by atoms with E-state index < -0.39 is 0 Å². The summed E-state index contributed by atoms with van der Waals surface area (Å²) in [4.78, 5) is 12.6. The van der Waals surface area contributed by atoms with Crippen LogP contribution in [0.2, 0.25) is 5.02 Å². The molecule has 2 aromatic carbocycles. The van der Waals surface area contributed by atoms with Crippen molar-refractivity contribution in [1.82, 2.24) is 9.78 Å². The lowest BCUT2D eigenvalue weighted by molar-refractivity contribution is 0.102. The molecule has 0 aliphatic carbocycles. The maximum atomic E-state index is 12.6. The van der Waals surface area contributed by atoms with Crippen LogP contribution in [0.3, 0.4) is 0 Å². The number of ether oxygens (including phenoxy) is 1. The minimum Gasteiger partial charge on any atom is -0.491 e. The van der Waals surface area contributed by atoms with E-state index in [1.807, 2.05) is 37.3 Å². The number of hydrogen-bond donors (Lipinski definition) is 1. The molecule has 0 saturated heterocycles. The fourth-order valence-electron chi connectivity index (χ4n) is 2.30. The van der Waals surface area contributed by atoms with Gasteiger partial charge in [0.2, 0.25) is 0 Å². The second-order valence-corrected chi connectivity index (χ2v) is 6.45. The Morgan fingerprint density at radius 3 is 2.80 bits per heavy atom. The molecule has 1 aromatic heterocycles. The quantitative estimate of drug-likeness (QED) is 0.636. The highest BCUT2D eigenvalue weighted by atomic mass is 79.9. The monoisotopic (exact) mass is 419 g/mol. The standard InChI is InChI=1S/C18H15BrClN3O2/c1-2-25-17-15(19)8-13(20)9-16(17)22-18(24)12-10-21-23(11-12)14-6-4-3-5-7-14/h3-11H,2H2,1H3,(H,22,24). The molecule has 1 amide bonds. The van der Waals surface area contributed by atoms with Crippen LogP contribution in [0.25, 0.3) is 5.69 Å². The molecule has 7 heteroatoms. The maximum absolute atomic E-state index is 12.6. The Balaban J connectivity index is 1.85. The Bertz CT molecular complexity index is 897.